The van der Waals surface area contributed by atoms with Crippen molar-refractivity contribution in [1.29, 1.82) is 0 Å². The summed E-state index contributed by atoms with van der Waals surface area (Å²) in [6, 6.07) is 1.84. The number of amides is 1. The van der Waals surface area contributed by atoms with Crippen LogP contribution >= 0.6 is 24.8 Å². The molecule has 1 fully saturated rings. The second kappa shape index (κ2) is 8.45. The second-order valence-corrected chi connectivity index (χ2v) is 5.36. The number of nitrogens with two attached hydrogens (primary N) is 1. The summed E-state index contributed by atoms with van der Waals surface area (Å²) in [4.78, 5) is 16.0. The molecule has 0 aromatic carbocycles. The van der Waals surface area contributed by atoms with E-state index in [0.717, 1.165) is 18.4 Å². The van der Waals surface area contributed by atoms with E-state index in [9.17, 15) is 4.79 Å². The highest BCUT2D eigenvalue weighted by Gasteiger charge is 2.27. The molecular weight excluding hydrogens is 297 g/mol. The highest BCUT2D eigenvalue weighted by molar-refractivity contribution is 5.94. The lowest BCUT2D eigenvalue weighted by Crippen LogP contribution is -2.51. The Kier molecular flexibility index (Phi) is 8.09. The first-order chi connectivity index (χ1) is 8.59. The number of pyridine rings is 1. The number of nitrogens with one attached hydrogen (secondary N) is 1. The first kappa shape index (κ1) is 19.2. The number of halogens is 2. The van der Waals surface area contributed by atoms with Gasteiger partial charge in [-0.3, -0.25) is 9.78 Å². The first-order valence-electron chi connectivity index (χ1n) is 6.58. The second-order valence-electron chi connectivity index (χ2n) is 5.36. The summed E-state index contributed by atoms with van der Waals surface area (Å²) in [6.07, 6.45) is 8.92. The van der Waals surface area contributed by atoms with E-state index in [1.54, 1.807) is 12.4 Å². The minimum Gasteiger partial charge on any atom is -0.350 e. The van der Waals surface area contributed by atoms with Gasteiger partial charge in [0.25, 0.3) is 5.91 Å². The maximum absolute atomic E-state index is 12.0. The standard InChI is InChI=1S/C14H21N3O.2ClH/c1-11-7-12(9-16-8-11)13(18)17-10-14(15)5-3-2-4-6-14;;/h7-9H,2-6,10,15H2,1H3,(H,17,18);2*1H. The third-order valence-corrected chi connectivity index (χ3v) is 3.59. The molecule has 1 aliphatic rings. The number of nitrogens with zero attached hydrogens (tertiary/aromatic N) is 1. The van der Waals surface area contributed by atoms with Gasteiger partial charge >= 0.3 is 0 Å². The maximum Gasteiger partial charge on any atom is 0.252 e. The Labute approximate surface area is 132 Å². The minimum atomic E-state index is -0.217. The monoisotopic (exact) mass is 319 g/mol. The molecule has 1 saturated carbocycles. The van der Waals surface area contributed by atoms with Crippen molar-refractivity contribution in [2.24, 2.45) is 5.73 Å². The number of aryl methyl sites for hydroxylation is 1. The lowest BCUT2D eigenvalue weighted by atomic mass is 9.82. The van der Waals surface area contributed by atoms with Crippen LogP contribution in [0.25, 0.3) is 0 Å². The molecule has 0 atom stereocenters. The molecule has 20 heavy (non-hydrogen) atoms. The molecule has 3 N–H and O–H groups in total. The van der Waals surface area contributed by atoms with Gasteiger partial charge in [0.1, 0.15) is 0 Å². The predicted molar refractivity (Wildman–Crippen MR) is 85.8 cm³/mol. The summed E-state index contributed by atoms with van der Waals surface area (Å²) in [6.45, 7) is 2.48. The average Bonchev–Trinajstić information content (AvgIpc) is 2.37. The smallest absolute Gasteiger partial charge is 0.252 e. The Morgan fingerprint density at radius 2 is 1.95 bits per heavy atom. The van der Waals surface area contributed by atoms with E-state index < -0.39 is 0 Å². The zero-order chi connectivity index (χ0) is 13.0. The van der Waals surface area contributed by atoms with Crippen LogP contribution in [0.3, 0.4) is 0 Å². The van der Waals surface area contributed by atoms with Crippen molar-refractivity contribution >= 4 is 30.7 Å². The first-order valence-corrected chi connectivity index (χ1v) is 6.58. The van der Waals surface area contributed by atoms with E-state index in [2.05, 4.69) is 10.3 Å². The summed E-state index contributed by atoms with van der Waals surface area (Å²) in [5, 5.41) is 2.93. The summed E-state index contributed by atoms with van der Waals surface area (Å²) in [5.74, 6) is -0.0819. The fourth-order valence-corrected chi connectivity index (χ4v) is 2.47. The average molecular weight is 320 g/mol. The third kappa shape index (κ3) is 5.27. The van der Waals surface area contributed by atoms with E-state index in [-0.39, 0.29) is 36.3 Å². The zero-order valence-electron chi connectivity index (χ0n) is 11.7. The highest BCUT2D eigenvalue weighted by atomic mass is 35.5. The van der Waals surface area contributed by atoms with Crippen LogP contribution in [0.1, 0.15) is 48.0 Å². The van der Waals surface area contributed by atoms with E-state index in [0.29, 0.717) is 12.1 Å². The van der Waals surface area contributed by atoms with Crippen LogP contribution in [-0.4, -0.2) is 23.0 Å². The lowest BCUT2D eigenvalue weighted by Gasteiger charge is -2.33. The fourth-order valence-electron chi connectivity index (χ4n) is 2.47. The molecule has 4 nitrogen and oxygen atoms in total. The molecule has 1 aliphatic carbocycles. The van der Waals surface area contributed by atoms with Crippen LogP contribution in [0.2, 0.25) is 0 Å². The van der Waals surface area contributed by atoms with Crippen molar-refractivity contribution < 1.29 is 4.79 Å². The molecule has 0 bridgehead atoms. The maximum atomic E-state index is 12.0. The molecule has 1 amide bonds. The number of carbonyl (C=O) groups is 1. The van der Waals surface area contributed by atoms with Crippen LogP contribution in [0.5, 0.6) is 0 Å². The highest BCUT2D eigenvalue weighted by Crippen LogP contribution is 2.25. The van der Waals surface area contributed by atoms with Gasteiger partial charge in [0, 0.05) is 24.5 Å². The van der Waals surface area contributed by atoms with Crippen molar-refractivity contribution in [3.05, 3.63) is 29.6 Å². The largest absolute Gasteiger partial charge is 0.350 e. The fraction of sp³-hybridized carbons (Fsp3) is 0.571. The Balaban J connectivity index is 0.00000180. The Hall–Kier alpha value is -0.840. The van der Waals surface area contributed by atoms with Gasteiger partial charge in [0.2, 0.25) is 0 Å². The summed E-state index contributed by atoms with van der Waals surface area (Å²) < 4.78 is 0. The molecule has 1 aromatic heterocycles. The van der Waals surface area contributed by atoms with Crippen molar-refractivity contribution in [3.8, 4) is 0 Å². The zero-order valence-corrected chi connectivity index (χ0v) is 13.4. The number of carbonyl (C=O) groups excluding carboxylic acids is 1. The molecule has 0 radical (unpaired) electrons. The van der Waals surface area contributed by atoms with Gasteiger partial charge < -0.3 is 11.1 Å². The van der Waals surface area contributed by atoms with Crippen molar-refractivity contribution in [3.63, 3.8) is 0 Å². The number of hydrogen-bond acceptors (Lipinski definition) is 3. The molecule has 0 spiro atoms. The minimum absolute atomic E-state index is 0. The predicted octanol–water partition coefficient (Wildman–Crippen LogP) is 2.63. The van der Waals surface area contributed by atoms with Gasteiger partial charge in [-0.15, -0.1) is 24.8 Å². The summed E-state index contributed by atoms with van der Waals surface area (Å²) in [5.41, 5.74) is 7.66. The van der Waals surface area contributed by atoms with Crippen LogP contribution in [-0.2, 0) is 0 Å². The lowest BCUT2D eigenvalue weighted by molar-refractivity contribution is 0.0937. The van der Waals surface area contributed by atoms with Gasteiger partial charge in [0.15, 0.2) is 0 Å². The van der Waals surface area contributed by atoms with E-state index in [1.807, 2.05) is 13.0 Å². The number of rotatable bonds is 3. The van der Waals surface area contributed by atoms with Crippen molar-refractivity contribution in [1.82, 2.24) is 10.3 Å². The molecule has 0 unspecified atom stereocenters. The Bertz CT molecular complexity index is 434. The van der Waals surface area contributed by atoms with E-state index in [4.69, 9.17) is 5.73 Å². The van der Waals surface area contributed by atoms with Gasteiger partial charge in [-0.1, -0.05) is 19.3 Å². The van der Waals surface area contributed by atoms with Gasteiger partial charge in [-0.05, 0) is 31.4 Å². The molecule has 0 aliphatic heterocycles. The number of aromatic nitrogens is 1. The SMILES string of the molecule is Cc1cncc(C(=O)NCC2(N)CCCCC2)c1.Cl.Cl. The molecule has 114 valence electrons. The van der Waals surface area contributed by atoms with E-state index in [1.165, 1.54) is 19.3 Å². The summed E-state index contributed by atoms with van der Waals surface area (Å²) >= 11 is 0. The summed E-state index contributed by atoms with van der Waals surface area (Å²) in [7, 11) is 0. The van der Waals surface area contributed by atoms with Crippen molar-refractivity contribution in [2.45, 2.75) is 44.6 Å². The van der Waals surface area contributed by atoms with E-state index >= 15 is 0 Å². The molecule has 6 heteroatoms. The molecule has 1 aromatic rings. The molecule has 0 saturated heterocycles. The molecule has 2 rings (SSSR count). The normalized spacial score (nSPS) is 16.5. The molecule has 1 heterocycles. The van der Waals surface area contributed by atoms with Gasteiger partial charge in [-0.25, -0.2) is 0 Å². The van der Waals surface area contributed by atoms with Crippen LogP contribution in [0.4, 0.5) is 0 Å². The van der Waals surface area contributed by atoms with Gasteiger partial charge in [0.05, 0.1) is 5.56 Å². The third-order valence-electron chi connectivity index (χ3n) is 3.59. The van der Waals surface area contributed by atoms with Crippen LogP contribution in [0.15, 0.2) is 18.5 Å². The number of hydrogen-bond donors (Lipinski definition) is 2. The van der Waals surface area contributed by atoms with Crippen LogP contribution in [0, 0.1) is 6.92 Å². The Morgan fingerprint density at radius 1 is 1.30 bits per heavy atom. The van der Waals surface area contributed by atoms with Crippen LogP contribution < -0.4 is 11.1 Å². The molecular formula is C14H23Cl2N3O. The topological polar surface area (TPSA) is 68.0 Å². The Morgan fingerprint density at radius 3 is 2.55 bits per heavy atom. The van der Waals surface area contributed by atoms with Crippen molar-refractivity contribution in [2.75, 3.05) is 6.54 Å². The van der Waals surface area contributed by atoms with Gasteiger partial charge in [-0.2, -0.15) is 0 Å². The quantitative estimate of drug-likeness (QED) is 0.899.